The van der Waals surface area contributed by atoms with E-state index in [1.54, 1.807) is 14.2 Å². The van der Waals surface area contributed by atoms with Crippen molar-refractivity contribution < 1.29 is 9.47 Å². The highest BCUT2D eigenvalue weighted by molar-refractivity contribution is 5.44. The van der Waals surface area contributed by atoms with Crippen LogP contribution in [0.2, 0.25) is 0 Å². The molecule has 1 aliphatic heterocycles. The van der Waals surface area contributed by atoms with Crippen molar-refractivity contribution in [1.82, 2.24) is 19.7 Å². The second kappa shape index (κ2) is 9.09. The zero-order valence-corrected chi connectivity index (χ0v) is 17.2. The van der Waals surface area contributed by atoms with Gasteiger partial charge in [0.15, 0.2) is 0 Å². The molecule has 152 valence electrons. The van der Waals surface area contributed by atoms with E-state index in [2.05, 4.69) is 50.0 Å². The minimum Gasteiger partial charge on any atom is -0.496 e. The van der Waals surface area contributed by atoms with Gasteiger partial charge in [-0.2, -0.15) is 0 Å². The second-order valence-electron chi connectivity index (χ2n) is 7.34. The normalized spacial score (nSPS) is 14.3. The summed E-state index contributed by atoms with van der Waals surface area (Å²) in [5, 5.41) is 8.95. The molecular formula is C23H28N4O2. The van der Waals surface area contributed by atoms with Gasteiger partial charge in [0.05, 0.1) is 19.8 Å². The van der Waals surface area contributed by atoms with Gasteiger partial charge in [-0.25, -0.2) is 0 Å². The molecule has 0 atom stereocenters. The Kier molecular flexibility index (Phi) is 6.10. The molecular weight excluding hydrogens is 364 g/mol. The fourth-order valence-corrected chi connectivity index (χ4v) is 3.98. The zero-order valence-electron chi connectivity index (χ0n) is 17.2. The van der Waals surface area contributed by atoms with Crippen molar-refractivity contribution in [3.05, 3.63) is 71.3 Å². The van der Waals surface area contributed by atoms with Crippen molar-refractivity contribution in [3.8, 4) is 11.5 Å². The van der Waals surface area contributed by atoms with E-state index in [1.165, 1.54) is 5.56 Å². The lowest BCUT2D eigenvalue weighted by atomic mass is 10.1. The smallest absolute Gasteiger partial charge is 0.134 e. The van der Waals surface area contributed by atoms with Gasteiger partial charge in [-0.15, -0.1) is 10.2 Å². The second-order valence-corrected chi connectivity index (χ2v) is 7.34. The van der Waals surface area contributed by atoms with Crippen LogP contribution in [-0.2, 0) is 32.4 Å². The summed E-state index contributed by atoms with van der Waals surface area (Å²) in [6.45, 7) is 3.59. The van der Waals surface area contributed by atoms with Crippen LogP contribution in [-0.4, -0.2) is 47.0 Å². The first-order chi connectivity index (χ1) is 14.3. The van der Waals surface area contributed by atoms with Gasteiger partial charge in [-0.05, 0) is 24.1 Å². The molecule has 29 heavy (non-hydrogen) atoms. The topological polar surface area (TPSA) is 52.4 Å². The van der Waals surface area contributed by atoms with E-state index in [0.717, 1.165) is 74.2 Å². The van der Waals surface area contributed by atoms with Crippen LogP contribution in [0.25, 0.3) is 0 Å². The standard InChI is InChI=1S/C23H28N4O2/c1-28-20-9-6-10-21(29-2)19(20)17-26-14-13-23-25-24-22(27(23)16-15-26)12-11-18-7-4-3-5-8-18/h3-10H,11-17H2,1-2H3. The number of hydrogen-bond acceptors (Lipinski definition) is 5. The highest BCUT2D eigenvalue weighted by Gasteiger charge is 2.21. The Morgan fingerprint density at radius 1 is 0.828 bits per heavy atom. The molecule has 0 aliphatic carbocycles. The Balaban J connectivity index is 1.43. The zero-order chi connectivity index (χ0) is 20.1. The fourth-order valence-electron chi connectivity index (χ4n) is 3.98. The van der Waals surface area contributed by atoms with Crippen molar-refractivity contribution in [1.29, 1.82) is 0 Å². The van der Waals surface area contributed by atoms with Gasteiger partial charge in [-0.1, -0.05) is 36.4 Å². The fraction of sp³-hybridized carbons (Fsp3) is 0.391. The van der Waals surface area contributed by atoms with Gasteiger partial charge in [0.2, 0.25) is 0 Å². The molecule has 1 aromatic heterocycles. The molecule has 6 nitrogen and oxygen atoms in total. The van der Waals surface area contributed by atoms with E-state index in [9.17, 15) is 0 Å². The summed E-state index contributed by atoms with van der Waals surface area (Å²) in [7, 11) is 3.42. The lowest BCUT2D eigenvalue weighted by Crippen LogP contribution is -2.27. The molecule has 1 aliphatic rings. The summed E-state index contributed by atoms with van der Waals surface area (Å²) in [6.07, 6.45) is 2.80. The lowest BCUT2D eigenvalue weighted by Gasteiger charge is -2.22. The van der Waals surface area contributed by atoms with Crippen molar-refractivity contribution >= 4 is 0 Å². The maximum absolute atomic E-state index is 5.57. The lowest BCUT2D eigenvalue weighted by molar-refractivity contribution is 0.260. The number of nitrogens with zero attached hydrogens (tertiary/aromatic N) is 4. The number of benzene rings is 2. The highest BCUT2D eigenvalue weighted by atomic mass is 16.5. The van der Waals surface area contributed by atoms with Crippen LogP contribution < -0.4 is 9.47 Å². The summed E-state index contributed by atoms with van der Waals surface area (Å²) >= 11 is 0. The van der Waals surface area contributed by atoms with Crippen molar-refractivity contribution in [2.75, 3.05) is 27.3 Å². The molecule has 0 N–H and O–H groups in total. The Labute approximate surface area is 172 Å². The molecule has 0 unspecified atom stereocenters. The Hall–Kier alpha value is -2.86. The molecule has 0 radical (unpaired) electrons. The molecule has 0 saturated carbocycles. The first-order valence-corrected chi connectivity index (χ1v) is 10.2. The van der Waals surface area contributed by atoms with Crippen LogP contribution in [0, 0.1) is 0 Å². The SMILES string of the molecule is COc1cccc(OC)c1CN1CCc2nnc(CCc3ccccc3)n2CC1. The number of methoxy groups -OCH3 is 2. The average molecular weight is 393 g/mol. The van der Waals surface area contributed by atoms with Crippen LogP contribution in [0.5, 0.6) is 11.5 Å². The predicted octanol–water partition coefficient (Wildman–Crippen LogP) is 3.14. The molecule has 0 amide bonds. The monoisotopic (exact) mass is 392 g/mol. The first kappa shape index (κ1) is 19.5. The maximum Gasteiger partial charge on any atom is 0.134 e. The molecule has 0 bridgehead atoms. The van der Waals surface area contributed by atoms with Crippen molar-refractivity contribution in [3.63, 3.8) is 0 Å². The van der Waals surface area contributed by atoms with E-state index in [0.29, 0.717) is 0 Å². The van der Waals surface area contributed by atoms with E-state index in [4.69, 9.17) is 9.47 Å². The van der Waals surface area contributed by atoms with Crippen LogP contribution in [0.4, 0.5) is 0 Å². The van der Waals surface area contributed by atoms with Crippen LogP contribution >= 0.6 is 0 Å². The van der Waals surface area contributed by atoms with Gasteiger partial charge in [0.25, 0.3) is 0 Å². The summed E-state index contributed by atoms with van der Waals surface area (Å²) in [5.74, 6) is 3.91. The van der Waals surface area contributed by atoms with Crippen LogP contribution in [0.1, 0.15) is 22.8 Å². The third-order valence-electron chi connectivity index (χ3n) is 5.59. The van der Waals surface area contributed by atoms with Gasteiger partial charge in [-0.3, -0.25) is 4.90 Å². The van der Waals surface area contributed by atoms with E-state index < -0.39 is 0 Å². The molecule has 0 saturated heterocycles. The molecule has 0 fully saturated rings. The number of aromatic nitrogens is 3. The molecule has 2 aromatic carbocycles. The number of rotatable bonds is 7. The van der Waals surface area contributed by atoms with E-state index >= 15 is 0 Å². The average Bonchev–Trinajstić information content (AvgIpc) is 3.05. The van der Waals surface area contributed by atoms with Gasteiger partial charge < -0.3 is 14.0 Å². The van der Waals surface area contributed by atoms with Gasteiger partial charge >= 0.3 is 0 Å². The Morgan fingerprint density at radius 3 is 2.31 bits per heavy atom. The van der Waals surface area contributed by atoms with Crippen LogP contribution in [0.3, 0.4) is 0 Å². The summed E-state index contributed by atoms with van der Waals surface area (Å²) in [6, 6.07) is 16.5. The van der Waals surface area contributed by atoms with E-state index in [-0.39, 0.29) is 0 Å². The quantitative estimate of drug-likeness (QED) is 0.618. The Morgan fingerprint density at radius 2 is 1.59 bits per heavy atom. The summed E-state index contributed by atoms with van der Waals surface area (Å²) < 4.78 is 13.4. The summed E-state index contributed by atoms with van der Waals surface area (Å²) in [5.41, 5.74) is 2.43. The number of hydrogen-bond donors (Lipinski definition) is 0. The highest BCUT2D eigenvalue weighted by Crippen LogP contribution is 2.30. The minimum absolute atomic E-state index is 0.796. The number of ether oxygens (including phenoxy) is 2. The largest absolute Gasteiger partial charge is 0.496 e. The molecule has 3 aromatic rings. The minimum atomic E-state index is 0.796. The maximum atomic E-state index is 5.57. The molecule has 2 heterocycles. The third-order valence-corrected chi connectivity index (χ3v) is 5.59. The van der Waals surface area contributed by atoms with Crippen LogP contribution in [0.15, 0.2) is 48.5 Å². The predicted molar refractivity (Wildman–Crippen MR) is 112 cm³/mol. The van der Waals surface area contributed by atoms with Gasteiger partial charge in [0, 0.05) is 39.0 Å². The number of aryl methyl sites for hydroxylation is 2. The van der Waals surface area contributed by atoms with Gasteiger partial charge in [0.1, 0.15) is 23.1 Å². The van der Waals surface area contributed by atoms with Crippen molar-refractivity contribution in [2.24, 2.45) is 0 Å². The van der Waals surface area contributed by atoms with Crippen molar-refractivity contribution in [2.45, 2.75) is 32.4 Å². The third kappa shape index (κ3) is 4.43. The number of fused-ring (bicyclic) bond motifs is 1. The molecule has 0 spiro atoms. The Bertz CT molecular complexity index is 917. The summed E-state index contributed by atoms with van der Waals surface area (Å²) in [4.78, 5) is 2.44. The molecule has 6 heteroatoms. The molecule has 4 rings (SSSR count). The van der Waals surface area contributed by atoms with E-state index in [1.807, 2.05) is 18.2 Å². The first-order valence-electron chi connectivity index (χ1n) is 10.2.